The van der Waals surface area contributed by atoms with Gasteiger partial charge in [0.05, 0.1) is 18.0 Å². The maximum Gasteiger partial charge on any atom is 0.266 e. The second-order valence-corrected chi connectivity index (χ2v) is 14.5. The smallest absolute Gasteiger partial charge is 0.266 e. The zero-order valence-corrected chi connectivity index (χ0v) is 22.6. The van der Waals surface area contributed by atoms with Gasteiger partial charge in [-0.15, -0.1) is 0 Å². The van der Waals surface area contributed by atoms with Crippen LogP contribution in [0.5, 0.6) is 0 Å². The van der Waals surface area contributed by atoms with Crippen LogP contribution >= 0.6 is 0 Å². The van der Waals surface area contributed by atoms with E-state index in [1.807, 2.05) is 0 Å². The van der Waals surface area contributed by atoms with Gasteiger partial charge in [0.25, 0.3) is 10.1 Å². The van der Waals surface area contributed by atoms with Gasteiger partial charge >= 0.3 is 0 Å². The van der Waals surface area contributed by atoms with E-state index in [9.17, 15) is 23.4 Å². The van der Waals surface area contributed by atoms with Crippen LogP contribution in [0.25, 0.3) is 0 Å². The van der Waals surface area contributed by atoms with Crippen molar-refractivity contribution < 1.29 is 28.0 Å². The van der Waals surface area contributed by atoms with Gasteiger partial charge in [-0.3, -0.25) is 9.35 Å². The van der Waals surface area contributed by atoms with E-state index in [2.05, 4.69) is 26.1 Å². The minimum absolute atomic E-state index is 0.0563. The first-order chi connectivity index (χ1) is 16.3. The molecule has 4 aliphatic carbocycles. The van der Waals surface area contributed by atoms with Crippen LogP contribution in [0, 0.1) is 46.3 Å². The predicted molar refractivity (Wildman–Crippen MR) is 135 cm³/mol. The highest BCUT2D eigenvalue weighted by Crippen LogP contribution is 2.68. The first kappa shape index (κ1) is 27.3. The topological polar surface area (TPSA) is 124 Å². The largest absolute Gasteiger partial charge is 0.393 e. The molecule has 1 amide bonds. The lowest BCUT2D eigenvalue weighted by Gasteiger charge is -2.62. The minimum Gasteiger partial charge on any atom is -0.393 e. The van der Waals surface area contributed by atoms with Gasteiger partial charge < -0.3 is 15.5 Å². The Balaban J connectivity index is 1.34. The van der Waals surface area contributed by atoms with Crippen molar-refractivity contribution in [3.63, 3.8) is 0 Å². The van der Waals surface area contributed by atoms with Crippen LogP contribution in [0.4, 0.5) is 0 Å². The summed E-state index contributed by atoms with van der Waals surface area (Å²) >= 11 is 0. The van der Waals surface area contributed by atoms with Crippen LogP contribution < -0.4 is 5.32 Å². The average Bonchev–Trinajstić information content (AvgIpc) is 3.11. The number of hydrogen-bond donors (Lipinski definition) is 4. The minimum atomic E-state index is -4.05. The molecule has 0 aromatic rings. The summed E-state index contributed by atoms with van der Waals surface area (Å²) in [4.78, 5) is 12.1. The SMILES string of the molecule is C[C@H](CCCC(=O)NCCS(=O)(=O)O)[C@H]1CC[C@H]2[C@@H]3[C@H](O)C[C@@H]4C[C@H](O)CC[C@]4(C)[C@H]3CC[C@]12C. The molecule has 0 aromatic carbocycles. The molecule has 35 heavy (non-hydrogen) atoms. The first-order valence-electron chi connectivity index (χ1n) is 13.9. The number of amides is 1. The van der Waals surface area contributed by atoms with Crippen LogP contribution in [-0.2, 0) is 14.9 Å². The summed E-state index contributed by atoms with van der Waals surface area (Å²) in [6, 6.07) is 0. The Morgan fingerprint density at radius 2 is 1.71 bits per heavy atom. The Labute approximate surface area is 211 Å². The molecule has 4 rings (SSSR count). The molecule has 10 atom stereocenters. The molecule has 4 aliphatic rings. The molecule has 8 heteroatoms. The summed E-state index contributed by atoms with van der Waals surface area (Å²) in [6.07, 6.45) is 10.1. The molecule has 4 saturated carbocycles. The van der Waals surface area contributed by atoms with Crippen molar-refractivity contribution in [1.82, 2.24) is 5.32 Å². The fraction of sp³-hybridized carbons (Fsp3) is 0.963. The van der Waals surface area contributed by atoms with Crippen molar-refractivity contribution in [1.29, 1.82) is 0 Å². The zero-order valence-electron chi connectivity index (χ0n) is 21.8. The van der Waals surface area contributed by atoms with Crippen molar-refractivity contribution in [2.24, 2.45) is 46.3 Å². The average molecular weight is 514 g/mol. The fourth-order valence-electron chi connectivity index (χ4n) is 9.37. The third-order valence-corrected chi connectivity index (χ3v) is 11.9. The molecule has 0 radical (unpaired) electrons. The van der Waals surface area contributed by atoms with Gasteiger partial charge in [-0.1, -0.05) is 20.8 Å². The van der Waals surface area contributed by atoms with E-state index in [1.165, 1.54) is 25.7 Å². The fourth-order valence-corrected chi connectivity index (χ4v) is 9.73. The van der Waals surface area contributed by atoms with Crippen LogP contribution in [0.15, 0.2) is 0 Å². The molecule has 4 fully saturated rings. The molecule has 202 valence electrons. The molecule has 0 spiro atoms. The molecule has 0 heterocycles. The summed E-state index contributed by atoms with van der Waals surface area (Å²) in [5, 5.41) is 24.2. The molecular weight excluding hydrogens is 466 g/mol. The molecule has 0 unspecified atom stereocenters. The maximum absolute atomic E-state index is 12.1. The van der Waals surface area contributed by atoms with Crippen LogP contribution in [0.3, 0.4) is 0 Å². The lowest BCUT2D eigenvalue weighted by atomic mass is 9.43. The molecule has 7 nitrogen and oxygen atoms in total. The van der Waals surface area contributed by atoms with E-state index in [0.717, 1.165) is 38.5 Å². The number of nitrogens with one attached hydrogen (secondary N) is 1. The zero-order chi connectivity index (χ0) is 25.6. The number of rotatable bonds is 8. The maximum atomic E-state index is 12.1. The van der Waals surface area contributed by atoms with Crippen LogP contribution in [0.2, 0.25) is 0 Å². The van der Waals surface area contributed by atoms with Gasteiger partial charge in [0.15, 0.2) is 0 Å². The van der Waals surface area contributed by atoms with Crippen LogP contribution in [-0.4, -0.2) is 53.6 Å². The summed E-state index contributed by atoms with van der Waals surface area (Å²) < 4.78 is 30.4. The Morgan fingerprint density at radius 3 is 2.43 bits per heavy atom. The van der Waals surface area contributed by atoms with Crippen molar-refractivity contribution in [2.75, 3.05) is 12.3 Å². The normalized spacial score (nSPS) is 44.1. The van der Waals surface area contributed by atoms with E-state index < -0.39 is 15.9 Å². The first-order valence-corrected chi connectivity index (χ1v) is 15.5. The summed E-state index contributed by atoms with van der Waals surface area (Å²) in [6.45, 7) is 7.18. The highest BCUT2D eigenvalue weighted by atomic mass is 32.2. The Bertz CT molecular complexity index is 879. The van der Waals surface area contributed by atoms with E-state index in [-0.39, 0.29) is 35.5 Å². The molecule has 0 bridgehead atoms. The van der Waals surface area contributed by atoms with Crippen molar-refractivity contribution in [3.05, 3.63) is 0 Å². The van der Waals surface area contributed by atoms with Crippen molar-refractivity contribution in [2.45, 2.75) is 104 Å². The number of fused-ring (bicyclic) bond motifs is 5. The van der Waals surface area contributed by atoms with Gasteiger partial charge in [-0.2, -0.15) is 8.42 Å². The summed E-state index contributed by atoms with van der Waals surface area (Å²) in [7, 11) is -4.05. The second-order valence-electron chi connectivity index (χ2n) is 13.0. The lowest BCUT2D eigenvalue weighted by Crippen LogP contribution is -2.58. The summed E-state index contributed by atoms with van der Waals surface area (Å²) in [5.74, 6) is 2.40. The van der Waals surface area contributed by atoms with E-state index in [4.69, 9.17) is 4.55 Å². The van der Waals surface area contributed by atoms with Gasteiger partial charge in [0.1, 0.15) is 0 Å². The van der Waals surface area contributed by atoms with E-state index in [1.54, 1.807) is 0 Å². The molecule has 0 aromatic heterocycles. The standard InChI is InChI=1S/C27H47NO6S/c1-17(5-4-6-24(31)28-13-14-35(32,33)34)20-7-8-21-25-22(10-12-27(20,21)3)26(2)11-9-19(29)15-18(26)16-23(25)30/h17-23,25,29-30H,4-16H2,1-3H3,(H,28,31)(H,32,33,34)/t17-,18+,19-,20-,21+,22+,23-,25+,26+,27-/m1/s1. The number of carbonyl (C=O) groups excluding carboxylic acids is 1. The highest BCUT2D eigenvalue weighted by molar-refractivity contribution is 7.85. The number of aliphatic hydroxyl groups excluding tert-OH is 2. The van der Waals surface area contributed by atoms with E-state index in [0.29, 0.717) is 41.9 Å². The molecule has 0 saturated heterocycles. The van der Waals surface area contributed by atoms with Gasteiger partial charge in [-0.05, 0) is 111 Å². The lowest BCUT2D eigenvalue weighted by molar-refractivity contribution is -0.174. The number of hydrogen-bond acceptors (Lipinski definition) is 5. The van der Waals surface area contributed by atoms with Crippen LogP contribution in [0.1, 0.15) is 91.4 Å². The predicted octanol–water partition coefficient (Wildman–Crippen LogP) is 3.79. The number of aliphatic hydroxyl groups is 2. The molecular formula is C27H47NO6S. The van der Waals surface area contributed by atoms with Gasteiger partial charge in [-0.25, -0.2) is 0 Å². The van der Waals surface area contributed by atoms with Gasteiger partial charge in [0, 0.05) is 13.0 Å². The molecule has 0 aliphatic heterocycles. The summed E-state index contributed by atoms with van der Waals surface area (Å²) in [5.41, 5.74) is 0.480. The van der Waals surface area contributed by atoms with Crippen molar-refractivity contribution >= 4 is 16.0 Å². The quantitative estimate of drug-likeness (QED) is 0.366. The highest BCUT2D eigenvalue weighted by Gasteiger charge is 2.62. The Hall–Kier alpha value is -0.700. The third kappa shape index (κ3) is 5.46. The number of carbonyl (C=O) groups is 1. The third-order valence-electron chi connectivity index (χ3n) is 11.2. The Kier molecular flexibility index (Phi) is 7.98. The second kappa shape index (κ2) is 10.2. The Morgan fingerprint density at radius 1 is 1.03 bits per heavy atom. The van der Waals surface area contributed by atoms with E-state index >= 15 is 0 Å². The molecule has 4 N–H and O–H groups in total. The van der Waals surface area contributed by atoms with Crippen molar-refractivity contribution in [3.8, 4) is 0 Å². The van der Waals surface area contributed by atoms with Gasteiger partial charge in [0.2, 0.25) is 5.91 Å². The monoisotopic (exact) mass is 513 g/mol.